The number of morpholine rings is 1. The lowest BCUT2D eigenvalue weighted by molar-refractivity contribution is 0.0303. The fourth-order valence-electron chi connectivity index (χ4n) is 5.21. The second-order valence-electron chi connectivity index (χ2n) is 12.1. The Morgan fingerprint density at radius 1 is 0.933 bits per heavy atom. The summed E-state index contributed by atoms with van der Waals surface area (Å²) in [6.07, 6.45) is 1.53. The molecule has 0 unspecified atom stereocenters. The van der Waals surface area contributed by atoms with E-state index in [4.69, 9.17) is 15.5 Å². The Kier molecular flexibility index (Phi) is 7.94. The first-order valence-electron chi connectivity index (χ1n) is 14.9. The molecule has 0 bridgehead atoms. The van der Waals surface area contributed by atoms with Crippen LogP contribution in [-0.2, 0) is 10.2 Å². The largest absolute Gasteiger partial charge is 0.382 e. The van der Waals surface area contributed by atoms with E-state index in [1.165, 1.54) is 10.7 Å². The van der Waals surface area contributed by atoms with Crippen molar-refractivity contribution in [2.75, 3.05) is 42.7 Å². The zero-order chi connectivity index (χ0) is 31.7. The number of hydrogen-bond acceptors (Lipinski definition) is 8. The predicted octanol–water partition coefficient (Wildman–Crippen LogP) is 5.45. The molecule has 3 aromatic carbocycles. The first-order valence-corrected chi connectivity index (χ1v) is 14.9. The van der Waals surface area contributed by atoms with Gasteiger partial charge in [-0.15, -0.1) is 5.10 Å². The van der Waals surface area contributed by atoms with Crippen LogP contribution in [0.25, 0.3) is 17.0 Å². The van der Waals surface area contributed by atoms with Crippen LogP contribution >= 0.6 is 0 Å². The highest BCUT2D eigenvalue weighted by molar-refractivity contribution is 6.05. The molecular formula is C34H36N8O3. The van der Waals surface area contributed by atoms with Gasteiger partial charge < -0.3 is 26.0 Å². The first-order chi connectivity index (χ1) is 21.6. The molecule has 11 nitrogen and oxygen atoms in total. The van der Waals surface area contributed by atoms with Crippen LogP contribution in [0.2, 0.25) is 0 Å². The molecule has 2 aromatic heterocycles. The lowest BCUT2D eigenvalue weighted by Gasteiger charge is -2.26. The van der Waals surface area contributed by atoms with Crippen molar-refractivity contribution in [3.8, 4) is 11.4 Å². The van der Waals surface area contributed by atoms with Gasteiger partial charge >= 0.3 is 0 Å². The summed E-state index contributed by atoms with van der Waals surface area (Å²) >= 11 is 0. The van der Waals surface area contributed by atoms with Crippen molar-refractivity contribution < 1.29 is 14.3 Å². The minimum Gasteiger partial charge on any atom is -0.382 e. The van der Waals surface area contributed by atoms with Crippen molar-refractivity contribution in [2.24, 2.45) is 0 Å². The third-order valence-electron chi connectivity index (χ3n) is 7.92. The molecule has 1 fully saturated rings. The van der Waals surface area contributed by atoms with Crippen molar-refractivity contribution in [3.63, 3.8) is 0 Å². The van der Waals surface area contributed by atoms with Gasteiger partial charge in [-0.2, -0.15) is 4.52 Å². The number of fused-ring (bicyclic) bond motifs is 1. The van der Waals surface area contributed by atoms with Gasteiger partial charge in [0.2, 0.25) is 0 Å². The number of hydrogen-bond donors (Lipinski definition) is 3. The van der Waals surface area contributed by atoms with Crippen LogP contribution in [0.5, 0.6) is 0 Å². The summed E-state index contributed by atoms with van der Waals surface area (Å²) in [5.41, 5.74) is 11.9. The van der Waals surface area contributed by atoms with Crippen LogP contribution < -0.4 is 16.4 Å². The Labute approximate surface area is 261 Å². The molecule has 6 rings (SSSR count). The van der Waals surface area contributed by atoms with Gasteiger partial charge in [0.15, 0.2) is 17.3 Å². The SMILES string of the molecule is Cc1c(NC(=O)c2ccc(C(C)(C)C)cc2)cccc1-c1nc(Nc2ccc(C(=O)N3CCOCC3)cc2)c2ncc(N)n2n1. The molecule has 0 spiro atoms. The van der Waals surface area contributed by atoms with E-state index in [1.54, 1.807) is 17.0 Å². The number of carbonyl (C=O) groups is 2. The maximum atomic E-state index is 13.2. The fourth-order valence-corrected chi connectivity index (χ4v) is 5.21. The van der Waals surface area contributed by atoms with Gasteiger partial charge in [-0.25, -0.2) is 9.97 Å². The molecule has 3 heterocycles. The molecule has 0 aliphatic carbocycles. The number of anilines is 4. The Hall–Kier alpha value is -5.29. The highest BCUT2D eigenvalue weighted by atomic mass is 16.5. The molecule has 4 N–H and O–H groups in total. The molecule has 1 saturated heterocycles. The summed E-state index contributed by atoms with van der Waals surface area (Å²) in [6.45, 7) is 10.6. The van der Waals surface area contributed by atoms with Gasteiger partial charge in [0.05, 0.1) is 19.4 Å². The van der Waals surface area contributed by atoms with E-state index in [2.05, 4.69) is 41.5 Å². The van der Waals surface area contributed by atoms with Crippen LogP contribution in [0, 0.1) is 6.92 Å². The molecular weight excluding hydrogens is 568 g/mol. The number of nitrogens with two attached hydrogens (primary N) is 1. The number of nitrogens with one attached hydrogen (secondary N) is 2. The maximum absolute atomic E-state index is 13.2. The average Bonchev–Trinajstić information content (AvgIpc) is 3.42. The highest BCUT2D eigenvalue weighted by Gasteiger charge is 2.20. The Morgan fingerprint density at radius 2 is 1.62 bits per heavy atom. The third kappa shape index (κ3) is 6.20. The summed E-state index contributed by atoms with van der Waals surface area (Å²) in [6, 6.07) is 20.5. The molecule has 230 valence electrons. The minimum absolute atomic E-state index is 0.00109. The first kappa shape index (κ1) is 29.8. The lowest BCUT2D eigenvalue weighted by Crippen LogP contribution is -2.40. The molecule has 11 heteroatoms. The number of carbonyl (C=O) groups excluding carboxylic acids is 2. The average molecular weight is 605 g/mol. The number of rotatable bonds is 6. The summed E-state index contributed by atoms with van der Waals surface area (Å²) in [5.74, 6) is 0.962. The van der Waals surface area contributed by atoms with Gasteiger partial charge in [-0.05, 0) is 65.9 Å². The van der Waals surface area contributed by atoms with Crippen LogP contribution in [0.4, 0.5) is 23.0 Å². The summed E-state index contributed by atoms with van der Waals surface area (Å²) in [7, 11) is 0. The Bertz CT molecular complexity index is 1870. The summed E-state index contributed by atoms with van der Waals surface area (Å²) in [4.78, 5) is 37.1. The zero-order valence-corrected chi connectivity index (χ0v) is 25.8. The maximum Gasteiger partial charge on any atom is 0.255 e. The minimum atomic E-state index is -0.205. The lowest BCUT2D eigenvalue weighted by atomic mass is 9.86. The number of imidazole rings is 1. The number of ether oxygens (including phenoxy) is 1. The molecule has 5 aromatic rings. The predicted molar refractivity (Wildman–Crippen MR) is 175 cm³/mol. The smallest absolute Gasteiger partial charge is 0.255 e. The zero-order valence-electron chi connectivity index (χ0n) is 25.8. The van der Waals surface area contributed by atoms with Crippen molar-refractivity contribution >= 4 is 40.5 Å². The van der Waals surface area contributed by atoms with E-state index >= 15 is 0 Å². The fraction of sp³-hybridized carbons (Fsp3) is 0.265. The molecule has 2 amide bonds. The number of nitrogen functional groups attached to an aromatic ring is 1. The molecule has 1 aliphatic heterocycles. The van der Waals surface area contributed by atoms with Crippen LogP contribution in [0.15, 0.2) is 72.9 Å². The van der Waals surface area contributed by atoms with Gasteiger partial charge in [0.1, 0.15) is 5.82 Å². The molecule has 45 heavy (non-hydrogen) atoms. The van der Waals surface area contributed by atoms with Crippen LogP contribution in [0.3, 0.4) is 0 Å². The number of nitrogens with zero attached hydrogens (tertiary/aromatic N) is 5. The van der Waals surface area contributed by atoms with Crippen LogP contribution in [-0.4, -0.2) is 62.6 Å². The van der Waals surface area contributed by atoms with Gasteiger partial charge in [-0.1, -0.05) is 45.0 Å². The van der Waals surface area contributed by atoms with E-state index in [0.717, 1.165) is 22.4 Å². The van der Waals surface area contributed by atoms with E-state index < -0.39 is 0 Å². The number of aromatic nitrogens is 4. The van der Waals surface area contributed by atoms with Gasteiger partial charge in [0.25, 0.3) is 11.8 Å². The topological polar surface area (TPSA) is 140 Å². The monoisotopic (exact) mass is 604 g/mol. The summed E-state index contributed by atoms with van der Waals surface area (Å²) in [5, 5.41) is 11.0. The van der Waals surface area contributed by atoms with Crippen molar-refractivity contribution in [1.29, 1.82) is 0 Å². The molecule has 0 radical (unpaired) electrons. The second-order valence-corrected chi connectivity index (χ2v) is 12.1. The molecule has 0 atom stereocenters. The number of amides is 2. The van der Waals surface area contributed by atoms with E-state index in [-0.39, 0.29) is 17.2 Å². The van der Waals surface area contributed by atoms with Crippen molar-refractivity contribution in [2.45, 2.75) is 33.1 Å². The van der Waals surface area contributed by atoms with Crippen molar-refractivity contribution in [3.05, 3.63) is 95.2 Å². The quantitative estimate of drug-likeness (QED) is 0.233. The van der Waals surface area contributed by atoms with E-state index in [0.29, 0.717) is 66.2 Å². The number of benzene rings is 3. The standard InChI is InChI=1S/C34H36N8O3/c1-21-26(6-5-7-27(21)38-32(43)22-8-12-24(13-9-22)34(2,3)4)29-39-30(31-36-20-28(35)42(31)40-29)37-25-14-10-23(11-15-25)33(44)41-16-18-45-19-17-41/h5-15,20H,16-19,35H2,1-4H3,(H,38,43)(H,37,39,40). The van der Waals surface area contributed by atoms with E-state index in [9.17, 15) is 9.59 Å². The molecule has 0 saturated carbocycles. The second kappa shape index (κ2) is 12.0. The van der Waals surface area contributed by atoms with Crippen LogP contribution in [0.1, 0.15) is 52.6 Å². The highest BCUT2D eigenvalue weighted by Crippen LogP contribution is 2.30. The normalized spacial score (nSPS) is 13.6. The Balaban J connectivity index is 1.27. The van der Waals surface area contributed by atoms with E-state index in [1.807, 2.05) is 61.5 Å². The van der Waals surface area contributed by atoms with Crippen molar-refractivity contribution in [1.82, 2.24) is 24.5 Å². The third-order valence-corrected chi connectivity index (χ3v) is 7.92. The Morgan fingerprint density at radius 3 is 2.31 bits per heavy atom. The molecule has 1 aliphatic rings. The van der Waals surface area contributed by atoms with Gasteiger partial charge in [0, 0.05) is 41.2 Å². The van der Waals surface area contributed by atoms with Gasteiger partial charge in [-0.3, -0.25) is 9.59 Å². The summed E-state index contributed by atoms with van der Waals surface area (Å²) < 4.78 is 6.89.